The molecule has 0 aliphatic heterocycles. The van der Waals surface area contributed by atoms with Crippen LogP contribution >= 0.6 is 0 Å². The lowest BCUT2D eigenvalue weighted by Gasteiger charge is -2.20. The summed E-state index contributed by atoms with van der Waals surface area (Å²) >= 11 is 0. The number of carbonyl (C=O) groups is 1. The summed E-state index contributed by atoms with van der Waals surface area (Å²) < 4.78 is 14.9. The number of nitrogens with one attached hydrogen (secondary N) is 1. The molecular weight excluding hydrogens is 323 g/mol. The van der Waals surface area contributed by atoms with Crippen molar-refractivity contribution < 1.29 is 9.18 Å². The Labute approximate surface area is 144 Å². The highest BCUT2D eigenvalue weighted by Gasteiger charge is 2.23. The molecule has 1 atom stereocenters. The van der Waals surface area contributed by atoms with Gasteiger partial charge in [-0.2, -0.15) is 5.10 Å². The van der Waals surface area contributed by atoms with Crippen LogP contribution in [0.15, 0.2) is 36.8 Å². The highest BCUT2D eigenvalue weighted by atomic mass is 19.1. The summed E-state index contributed by atoms with van der Waals surface area (Å²) in [7, 11) is 0. The Morgan fingerprint density at radius 1 is 1.24 bits per heavy atom. The fraction of sp³-hybridized carbons (Fsp3) is 0.294. The standard InChI is InChI=1S/C17H19FN6O/c1-17(2,3)24-16-12(8-22-24)15(20-9-21-16)23-13(14(19)25)10-4-6-11(18)7-5-10/h4-9,13H,1-3H3,(H2,19,25)(H,20,21,23). The topological polar surface area (TPSA) is 98.7 Å². The average molecular weight is 342 g/mol. The predicted octanol–water partition coefficient (Wildman–Crippen LogP) is 2.36. The van der Waals surface area contributed by atoms with Crippen molar-refractivity contribution in [1.29, 1.82) is 0 Å². The molecule has 0 aliphatic carbocycles. The molecule has 1 amide bonds. The molecule has 3 rings (SSSR count). The number of hydrogen-bond donors (Lipinski definition) is 2. The van der Waals surface area contributed by atoms with E-state index >= 15 is 0 Å². The van der Waals surface area contributed by atoms with Crippen molar-refractivity contribution in [3.05, 3.63) is 48.2 Å². The lowest BCUT2D eigenvalue weighted by Crippen LogP contribution is -2.28. The Balaban J connectivity index is 2.02. The van der Waals surface area contributed by atoms with E-state index in [1.54, 1.807) is 10.9 Å². The number of aromatic nitrogens is 4. The van der Waals surface area contributed by atoms with Crippen molar-refractivity contribution in [3.63, 3.8) is 0 Å². The maximum absolute atomic E-state index is 13.1. The molecule has 1 aromatic carbocycles. The number of nitrogens with zero attached hydrogens (tertiary/aromatic N) is 4. The van der Waals surface area contributed by atoms with E-state index in [2.05, 4.69) is 20.4 Å². The van der Waals surface area contributed by atoms with Crippen LogP contribution in [0, 0.1) is 5.82 Å². The van der Waals surface area contributed by atoms with Gasteiger partial charge >= 0.3 is 0 Å². The van der Waals surface area contributed by atoms with Gasteiger partial charge in [-0.25, -0.2) is 19.0 Å². The van der Waals surface area contributed by atoms with E-state index in [0.29, 0.717) is 22.4 Å². The largest absolute Gasteiger partial charge is 0.368 e. The molecule has 3 aromatic rings. The highest BCUT2D eigenvalue weighted by Crippen LogP contribution is 2.27. The van der Waals surface area contributed by atoms with Crippen LogP contribution in [0.5, 0.6) is 0 Å². The van der Waals surface area contributed by atoms with Crippen LogP contribution in [0.4, 0.5) is 10.2 Å². The maximum atomic E-state index is 13.1. The number of fused-ring (bicyclic) bond motifs is 1. The van der Waals surface area contributed by atoms with Crippen molar-refractivity contribution in [3.8, 4) is 0 Å². The third-order valence-electron chi connectivity index (χ3n) is 3.77. The van der Waals surface area contributed by atoms with Gasteiger partial charge in [-0.15, -0.1) is 0 Å². The lowest BCUT2D eigenvalue weighted by atomic mass is 10.1. The molecule has 0 saturated heterocycles. The zero-order valence-electron chi connectivity index (χ0n) is 14.2. The molecule has 0 bridgehead atoms. The second-order valence-corrected chi connectivity index (χ2v) is 6.72. The Hall–Kier alpha value is -3.03. The van der Waals surface area contributed by atoms with Gasteiger partial charge in [0.15, 0.2) is 5.65 Å². The van der Waals surface area contributed by atoms with E-state index in [9.17, 15) is 9.18 Å². The van der Waals surface area contributed by atoms with Gasteiger partial charge in [0.25, 0.3) is 0 Å². The fourth-order valence-corrected chi connectivity index (χ4v) is 2.56. The van der Waals surface area contributed by atoms with E-state index in [0.717, 1.165) is 0 Å². The number of hydrogen-bond acceptors (Lipinski definition) is 5. The Bertz CT molecular complexity index is 913. The Morgan fingerprint density at radius 3 is 2.52 bits per heavy atom. The first-order valence-electron chi connectivity index (χ1n) is 7.78. The second kappa shape index (κ2) is 6.12. The number of benzene rings is 1. The molecule has 2 heterocycles. The molecule has 3 N–H and O–H groups in total. The molecule has 1 unspecified atom stereocenters. The van der Waals surface area contributed by atoms with Gasteiger partial charge in [0.1, 0.15) is 24.0 Å². The number of rotatable bonds is 4. The summed E-state index contributed by atoms with van der Waals surface area (Å²) in [6.45, 7) is 6.04. The van der Waals surface area contributed by atoms with Crippen LogP contribution < -0.4 is 11.1 Å². The minimum absolute atomic E-state index is 0.257. The van der Waals surface area contributed by atoms with Crippen molar-refractivity contribution in [2.45, 2.75) is 32.4 Å². The zero-order valence-corrected chi connectivity index (χ0v) is 14.2. The number of carbonyl (C=O) groups excluding carboxylic acids is 1. The molecular formula is C17H19FN6O. The van der Waals surface area contributed by atoms with Gasteiger partial charge in [-0.3, -0.25) is 4.79 Å². The first-order valence-corrected chi connectivity index (χ1v) is 7.78. The van der Waals surface area contributed by atoms with Crippen molar-refractivity contribution in [1.82, 2.24) is 19.7 Å². The summed E-state index contributed by atoms with van der Waals surface area (Å²) in [4.78, 5) is 20.4. The second-order valence-electron chi connectivity index (χ2n) is 6.72. The number of nitrogens with two attached hydrogens (primary N) is 1. The number of amides is 1. The number of halogens is 1. The summed E-state index contributed by atoms with van der Waals surface area (Å²) in [6.07, 6.45) is 3.04. The molecule has 0 aliphatic rings. The number of anilines is 1. The van der Waals surface area contributed by atoms with Gasteiger partial charge in [0, 0.05) is 0 Å². The fourth-order valence-electron chi connectivity index (χ4n) is 2.56. The highest BCUT2D eigenvalue weighted by molar-refractivity contribution is 5.90. The number of primary amides is 1. The SMILES string of the molecule is CC(C)(C)n1ncc2c(NC(C(N)=O)c3ccc(F)cc3)ncnc21. The molecule has 25 heavy (non-hydrogen) atoms. The summed E-state index contributed by atoms with van der Waals surface area (Å²) in [6, 6.07) is 4.72. The van der Waals surface area contributed by atoms with Crippen LogP contribution in [0.25, 0.3) is 11.0 Å². The van der Waals surface area contributed by atoms with Gasteiger partial charge in [0.05, 0.1) is 17.1 Å². The summed E-state index contributed by atoms with van der Waals surface area (Å²) in [5.74, 6) is -0.543. The predicted molar refractivity (Wildman–Crippen MR) is 92.3 cm³/mol. The van der Waals surface area contributed by atoms with E-state index in [1.807, 2.05) is 20.8 Å². The Morgan fingerprint density at radius 2 is 1.92 bits per heavy atom. The van der Waals surface area contributed by atoms with Crippen LogP contribution in [-0.4, -0.2) is 25.7 Å². The molecule has 130 valence electrons. The molecule has 0 fully saturated rings. The summed E-state index contributed by atoms with van der Waals surface area (Å²) in [5.41, 5.74) is 6.45. The molecule has 0 radical (unpaired) electrons. The van der Waals surface area contributed by atoms with Gasteiger partial charge < -0.3 is 11.1 Å². The van der Waals surface area contributed by atoms with E-state index in [1.165, 1.54) is 30.6 Å². The van der Waals surface area contributed by atoms with E-state index < -0.39 is 11.9 Å². The van der Waals surface area contributed by atoms with Crippen LogP contribution in [0.3, 0.4) is 0 Å². The normalized spacial score (nSPS) is 13.0. The minimum atomic E-state index is -0.850. The van der Waals surface area contributed by atoms with E-state index in [-0.39, 0.29) is 11.4 Å². The molecule has 2 aromatic heterocycles. The molecule has 8 heteroatoms. The van der Waals surface area contributed by atoms with Gasteiger partial charge in [0.2, 0.25) is 5.91 Å². The zero-order chi connectivity index (χ0) is 18.2. The van der Waals surface area contributed by atoms with E-state index in [4.69, 9.17) is 5.73 Å². The summed E-state index contributed by atoms with van der Waals surface area (Å²) in [5, 5.41) is 8.06. The van der Waals surface area contributed by atoms with Crippen molar-refractivity contribution in [2.24, 2.45) is 5.73 Å². The Kier molecular flexibility index (Phi) is 4.12. The first-order chi connectivity index (χ1) is 11.8. The molecule has 7 nitrogen and oxygen atoms in total. The third-order valence-corrected chi connectivity index (χ3v) is 3.77. The van der Waals surface area contributed by atoms with Crippen LogP contribution in [0.1, 0.15) is 32.4 Å². The van der Waals surface area contributed by atoms with Gasteiger partial charge in [-0.05, 0) is 38.5 Å². The molecule has 0 saturated carbocycles. The van der Waals surface area contributed by atoms with Crippen LogP contribution in [0.2, 0.25) is 0 Å². The van der Waals surface area contributed by atoms with Crippen molar-refractivity contribution >= 4 is 22.8 Å². The average Bonchev–Trinajstić information content (AvgIpc) is 2.98. The van der Waals surface area contributed by atoms with Gasteiger partial charge in [-0.1, -0.05) is 12.1 Å². The minimum Gasteiger partial charge on any atom is -0.368 e. The van der Waals surface area contributed by atoms with Crippen molar-refractivity contribution in [2.75, 3.05) is 5.32 Å². The quantitative estimate of drug-likeness (QED) is 0.758. The smallest absolute Gasteiger partial charge is 0.244 e. The lowest BCUT2D eigenvalue weighted by molar-refractivity contribution is -0.118. The van der Waals surface area contributed by atoms with Crippen LogP contribution in [-0.2, 0) is 10.3 Å². The molecule has 0 spiro atoms. The third kappa shape index (κ3) is 3.28. The monoisotopic (exact) mass is 342 g/mol. The maximum Gasteiger partial charge on any atom is 0.244 e. The first kappa shape index (κ1) is 16.8.